The van der Waals surface area contributed by atoms with Gasteiger partial charge in [-0.05, 0) is 12.3 Å². The molecule has 0 aliphatic rings. The van der Waals surface area contributed by atoms with Crippen LogP contribution in [0.1, 0.15) is 39.5 Å². The van der Waals surface area contributed by atoms with Gasteiger partial charge >= 0.3 is 5.69 Å². The second-order valence-electron chi connectivity index (χ2n) is 4.57. The van der Waals surface area contributed by atoms with Crippen molar-refractivity contribution in [3.05, 3.63) is 33.1 Å². The van der Waals surface area contributed by atoms with E-state index in [-0.39, 0.29) is 11.2 Å². The Morgan fingerprint density at radius 2 is 2.00 bits per heavy atom. The Bertz CT molecular complexity index is 459. The van der Waals surface area contributed by atoms with E-state index in [1.807, 2.05) is 0 Å². The number of aromatic nitrogens is 2. The molecule has 4 nitrogen and oxygen atoms in total. The molecule has 1 rings (SSSR count). The van der Waals surface area contributed by atoms with E-state index in [0.29, 0.717) is 12.5 Å². The monoisotopic (exact) mass is 238 g/mol. The van der Waals surface area contributed by atoms with Crippen LogP contribution < -0.4 is 11.2 Å². The second kappa shape index (κ2) is 6.42. The van der Waals surface area contributed by atoms with Crippen LogP contribution in [0.25, 0.3) is 0 Å². The van der Waals surface area contributed by atoms with Crippen molar-refractivity contribution in [1.82, 2.24) is 9.13 Å². The van der Waals surface area contributed by atoms with Crippen LogP contribution in [0.3, 0.4) is 0 Å². The van der Waals surface area contributed by atoms with Gasteiger partial charge in [-0.3, -0.25) is 9.36 Å². The first kappa shape index (κ1) is 13.7. The molecular formula is C13H22N2O2. The van der Waals surface area contributed by atoms with E-state index in [4.69, 9.17) is 0 Å². The maximum Gasteiger partial charge on any atom is 0.330 e. The van der Waals surface area contributed by atoms with E-state index in [1.165, 1.54) is 21.4 Å². The SMILES string of the molecule is CCCCC(CC)Cn1c(=O)ccn(C)c1=O. The summed E-state index contributed by atoms with van der Waals surface area (Å²) in [5, 5.41) is 0. The molecule has 96 valence electrons. The fourth-order valence-electron chi connectivity index (χ4n) is 1.96. The molecular weight excluding hydrogens is 216 g/mol. The van der Waals surface area contributed by atoms with E-state index >= 15 is 0 Å². The third-order valence-electron chi connectivity index (χ3n) is 3.22. The van der Waals surface area contributed by atoms with Crippen LogP contribution in [-0.4, -0.2) is 9.13 Å². The van der Waals surface area contributed by atoms with Crippen LogP contribution in [0.4, 0.5) is 0 Å². The van der Waals surface area contributed by atoms with Crippen LogP contribution in [0.5, 0.6) is 0 Å². The van der Waals surface area contributed by atoms with Gasteiger partial charge in [0.2, 0.25) is 0 Å². The van der Waals surface area contributed by atoms with Crippen molar-refractivity contribution in [3.63, 3.8) is 0 Å². The first-order valence-electron chi connectivity index (χ1n) is 6.36. The molecule has 0 amide bonds. The second-order valence-corrected chi connectivity index (χ2v) is 4.57. The number of hydrogen-bond donors (Lipinski definition) is 0. The quantitative estimate of drug-likeness (QED) is 0.758. The lowest BCUT2D eigenvalue weighted by Crippen LogP contribution is -2.39. The molecule has 17 heavy (non-hydrogen) atoms. The highest BCUT2D eigenvalue weighted by molar-refractivity contribution is 4.85. The van der Waals surface area contributed by atoms with Crippen molar-refractivity contribution in [2.24, 2.45) is 13.0 Å². The summed E-state index contributed by atoms with van der Waals surface area (Å²) >= 11 is 0. The normalized spacial score (nSPS) is 12.6. The van der Waals surface area contributed by atoms with Crippen LogP contribution in [-0.2, 0) is 13.6 Å². The van der Waals surface area contributed by atoms with Crippen LogP contribution in [0, 0.1) is 5.92 Å². The third-order valence-corrected chi connectivity index (χ3v) is 3.22. The lowest BCUT2D eigenvalue weighted by atomic mass is 9.99. The summed E-state index contributed by atoms with van der Waals surface area (Å²) in [4.78, 5) is 23.5. The van der Waals surface area contributed by atoms with Gasteiger partial charge in [-0.25, -0.2) is 4.79 Å². The molecule has 0 aliphatic heterocycles. The third kappa shape index (κ3) is 3.58. The number of hydrogen-bond acceptors (Lipinski definition) is 2. The summed E-state index contributed by atoms with van der Waals surface area (Å²) in [6.45, 7) is 4.81. The Morgan fingerprint density at radius 1 is 1.29 bits per heavy atom. The number of nitrogens with zero attached hydrogens (tertiary/aromatic N) is 2. The minimum Gasteiger partial charge on any atom is -0.303 e. The zero-order chi connectivity index (χ0) is 12.8. The van der Waals surface area contributed by atoms with Crippen LogP contribution >= 0.6 is 0 Å². The average molecular weight is 238 g/mol. The molecule has 0 fully saturated rings. The van der Waals surface area contributed by atoms with E-state index in [0.717, 1.165) is 25.7 Å². The molecule has 1 aromatic rings. The molecule has 0 radical (unpaired) electrons. The van der Waals surface area contributed by atoms with Gasteiger partial charge in [0.15, 0.2) is 0 Å². The highest BCUT2D eigenvalue weighted by Gasteiger charge is 2.10. The summed E-state index contributed by atoms with van der Waals surface area (Å²) in [5.74, 6) is 0.419. The highest BCUT2D eigenvalue weighted by atomic mass is 16.2. The minimum atomic E-state index is -0.215. The van der Waals surface area contributed by atoms with Crippen LogP contribution in [0.2, 0.25) is 0 Å². The lowest BCUT2D eigenvalue weighted by molar-refractivity contribution is 0.373. The Labute approximate surface area is 102 Å². The molecule has 1 aromatic heterocycles. The Morgan fingerprint density at radius 3 is 2.59 bits per heavy atom. The van der Waals surface area contributed by atoms with E-state index in [1.54, 1.807) is 7.05 Å². The Hall–Kier alpha value is -1.32. The molecule has 0 bridgehead atoms. The van der Waals surface area contributed by atoms with Gasteiger partial charge < -0.3 is 4.57 Å². The standard InChI is InChI=1S/C13H22N2O2/c1-4-6-7-11(5-2)10-15-12(16)8-9-14(3)13(15)17/h8-9,11H,4-7,10H2,1-3H3. The van der Waals surface area contributed by atoms with Gasteiger partial charge in [0.25, 0.3) is 5.56 Å². The molecule has 4 heteroatoms. The van der Waals surface area contributed by atoms with Gasteiger partial charge in [-0.2, -0.15) is 0 Å². The molecule has 0 aromatic carbocycles. The zero-order valence-electron chi connectivity index (χ0n) is 11.0. The zero-order valence-corrected chi connectivity index (χ0v) is 11.0. The average Bonchev–Trinajstić information content (AvgIpc) is 2.33. The predicted molar refractivity (Wildman–Crippen MR) is 69.2 cm³/mol. The van der Waals surface area contributed by atoms with Gasteiger partial charge in [0.1, 0.15) is 0 Å². The highest BCUT2D eigenvalue weighted by Crippen LogP contribution is 2.13. The molecule has 0 N–H and O–H groups in total. The fraction of sp³-hybridized carbons (Fsp3) is 0.692. The summed E-state index contributed by atoms with van der Waals surface area (Å²) in [6.07, 6.45) is 5.91. The minimum absolute atomic E-state index is 0.192. The number of unbranched alkanes of at least 4 members (excludes halogenated alkanes) is 1. The summed E-state index contributed by atoms with van der Waals surface area (Å²) in [7, 11) is 1.67. The van der Waals surface area contributed by atoms with Crippen molar-refractivity contribution in [2.75, 3.05) is 0 Å². The molecule has 1 heterocycles. The predicted octanol–water partition coefficient (Wildman–Crippen LogP) is 1.76. The summed E-state index contributed by atoms with van der Waals surface area (Å²) < 4.78 is 2.80. The Balaban J connectivity index is 2.90. The maximum absolute atomic E-state index is 11.8. The summed E-state index contributed by atoms with van der Waals surface area (Å²) in [6, 6.07) is 1.45. The molecule has 0 saturated heterocycles. The molecule has 1 unspecified atom stereocenters. The smallest absolute Gasteiger partial charge is 0.303 e. The summed E-state index contributed by atoms with van der Waals surface area (Å²) in [5.41, 5.74) is -0.407. The fourth-order valence-corrected chi connectivity index (χ4v) is 1.96. The topological polar surface area (TPSA) is 44.0 Å². The largest absolute Gasteiger partial charge is 0.330 e. The Kier molecular flexibility index (Phi) is 5.19. The van der Waals surface area contributed by atoms with Crippen molar-refractivity contribution >= 4 is 0 Å². The van der Waals surface area contributed by atoms with Crippen molar-refractivity contribution in [2.45, 2.75) is 46.1 Å². The lowest BCUT2D eigenvalue weighted by Gasteiger charge is -2.15. The van der Waals surface area contributed by atoms with Crippen molar-refractivity contribution in [1.29, 1.82) is 0 Å². The van der Waals surface area contributed by atoms with Gasteiger partial charge in [-0.15, -0.1) is 0 Å². The van der Waals surface area contributed by atoms with E-state index in [2.05, 4.69) is 13.8 Å². The first-order chi connectivity index (χ1) is 8.10. The van der Waals surface area contributed by atoms with Crippen molar-refractivity contribution in [3.8, 4) is 0 Å². The molecule has 0 saturated carbocycles. The molecule has 1 atom stereocenters. The van der Waals surface area contributed by atoms with Crippen LogP contribution in [0.15, 0.2) is 21.9 Å². The van der Waals surface area contributed by atoms with Crippen molar-refractivity contribution < 1.29 is 0 Å². The van der Waals surface area contributed by atoms with E-state index < -0.39 is 0 Å². The maximum atomic E-state index is 11.8. The number of aryl methyl sites for hydroxylation is 1. The van der Waals surface area contributed by atoms with Gasteiger partial charge in [-0.1, -0.05) is 33.1 Å². The van der Waals surface area contributed by atoms with Gasteiger partial charge in [0, 0.05) is 25.9 Å². The first-order valence-corrected chi connectivity index (χ1v) is 6.36. The number of rotatable bonds is 6. The molecule has 0 aliphatic carbocycles. The van der Waals surface area contributed by atoms with Gasteiger partial charge in [0.05, 0.1) is 0 Å². The van der Waals surface area contributed by atoms with E-state index in [9.17, 15) is 9.59 Å². The molecule has 0 spiro atoms.